The predicted molar refractivity (Wildman–Crippen MR) is 38.4 cm³/mol. The Morgan fingerprint density at radius 3 is 2.08 bits per heavy atom. The number of alkyl halides is 3. The maximum Gasteiger partial charge on any atom is 0.402 e. The second-order valence-corrected chi connectivity index (χ2v) is 4.76. The van der Waals surface area contributed by atoms with Crippen LogP contribution in [-0.4, -0.2) is 32.1 Å². The smallest absolute Gasteiger partial charge is 0.327 e. The van der Waals surface area contributed by atoms with Crippen molar-refractivity contribution in [2.24, 2.45) is 5.73 Å². The summed E-state index contributed by atoms with van der Waals surface area (Å²) < 4.78 is 56.1. The first-order valence-electron chi connectivity index (χ1n) is 3.15. The summed E-state index contributed by atoms with van der Waals surface area (Å²) in [6, 6.07) is -0.766. The molecule has 2 N–H and O–H groups in total. The Kier molecular flexibility index (Phi) is 3.52. The van der Waals surface area contributed by atoms with Crippen LogP contribution in [0.4, 0.5) is 13.2 Å². The zero-order chi connectivity index (χ0) is 9.99. The molecular formula is C5H10F3NO2S. The van der Waals surface area contributed by atoms with Crippen LogP contribution in [0.3, 0.4) is 0 Å². The standard InChI is InChI=1S/C5H10F3NO2S/c1-4(9)2-12(10,11)3-5(6,7)8/h4H,2-3,9H2,1H3/t4-/m1/s1. The topological polar surface area (TPSA) is 60.2 Å². The van der Waals surface area contributed by atoms with Crippen molar-refractivity contribution in [3.05, 3.63) is 0 Å². The van der Waals surface area contributed by atoms with Crippen molar-refractivity contribution < 1.29 is 21.6 Å². The van der Waals surface area contributed by atoms with E-state index in [1.54, 1.807) is 0 Å². The van der Waals surface area contributed by atoms with Crippen molar-refractivity contribution in [1.29, 1.82) is 0 Å². The van der Waals surface area contributed by atoms with Gasteiger partial charge in [0.15, 0.2) is 9.84 Å². The van der Waals surface area contributed by atoms with Gasteiger partial charge in [-0.25, -0.2) is 8.42 Å². The molecule has 0 amide bonds. The lowest BCUT2D eigenvalue weighted by molar-refractivity contribution is -0.106. The molecule has 0 aromatic heterocycles. The Bertz CT molecular complexity index is 232. The van der Waals surface area contributed by atoms with Crippen molar-refractivity contribution in [3.63, 3.8) is 0 Å². The van der Waals surface area contributed by atoms with Crippen LogP contribution in [0.1, 0.15) is 6.92 Å². The van der Waals surface area contributed by atoms with Gasteiger partial charge in [-0.2, -0.15) is 13.2 Å². The number of halogens is 3. The van der Waals surface area contributed by atoms with Crippen LogP contribution < -0.4 is 5.73 Å². The number of hydrogen-bond donors (Lipinski definition) is 1. The second-order valence-electron chi connectivity index (χ2n) is 2.65. The van der Waals surface area contributed by atoms with Crippen LogP contribution in [0, 0.1) is 0 Å². The minimum Gasteiger partial charge on any atom is -0.327 e. The number of nitrogens with two attached hydrogens (primary N) is 1. The van der Waals surface area contributed by atoms with E-state index in [4.69, 9.17) is 5.73 Å². The molecule has 0 saturated carbocycles. The van der Waals surface area contributed by atoms with E-state index in [0.717, 1.165) is 0 Å². The van der Waals surface area contributed by atoms with Crippen LogP contribution in [0.25, 0.3) is 0 Å². The molecule has 0 aromatic carbocycles. The van der Waals surface area contributed by atoms with Gasteiger partial charge in [0.25, 0.3) is 0 Å². The highest BCUT2D eigenvalue weighted by atomic mass is 32.2. The Balaban J connectivity index is 4.26. The largest absolute Gasteiger partial charge is 0.402 e. The van der Waals surface area contributed by atoms with E-state index in [-0.39, 0.29) is 0 Å². The SMILES string of the molecule is C[C@@H](N)CS(=O)(=O)CC(F)(F)F. The van der Waals surface area contributed by atoms with Gasteiger partial charge >= 0.3 is 6.18 Å². The average Bonchev–Trinajstić information content (AvgIpc) is 1.48. The van der Waals surface area contributed by atoms with Gasteiger partial charge in [0.1, 0.15) is 5.75 Å². The zero-order valence-corrected chi connectivity index (χ0v) is 7.24. The molecule has 1 atom stereocenters. The summed E-state index contributed by atoms with van der Waals surface area (Å²) in [5, 5.41) is 0. The molecule has 0 rings (SSSR count). The first kappa shape index (κ1) is 11.7. The summed E-state index contributed by atoms with van der Waals surface area (Å²) in [5.74, 6) is -2.42. The molecule has 0 radical (unpaired) electrons. The third-order valence-electron chi connectivity index (χ3n) is 0.900. The van der Waals surface area contributed by atoms with Gasteiger partial charge in [-0.05, 0) is 6.92 Å². The molecule has 3 nitrogen and oxygen atoms in total. The van der Waals surface area contributed by atoms with Gasteiger partial charge in [0.2, 0.25) is 0 Å². The molecule has 74 valence electrons. The van der Waals surface area contributed by atoms with Crippen molar-refractivity contribution in [2.75, 3.05) is 11.5 Å². The number of rotatable bonds is 3. The third kappa shape index (κ3) is 6.41. The molecule has 0 aliphatic carbocycles. The molecule has 0 bridgehead atoms. The van der Waals surface area contributed by atoms with Gasteiger partial charge < -0.3 is 5.73 Å². The quantitative estimate of drug-likeness (QED) is 0.721. The van der Waals surface area contributed by atoms with E-state index in [1.807, 2.05) is 0 Å². The highest BCUT2D eigenvalue weighted by molar-refractivity contribution is 7.91. The zero-order valence-electron chi connectivity index (χ0n) is 6.43. The molecule has 0 aromatic rings. The fraction of sp³-hybridized carbons (Fsp3) is 1.00. The molecule has 0 heterocycles. The van der Waals surface area contributed by atoms with Crippen LogP contribution in [-0.2, 0) is 9.84 Å². The van der Waals surface area contributed by atoms with Crippen LogP contribution in [0.15, 0.2) is 0 Å². The van der Waals surface area contributed by atoms with E-state index in [0.29, 0.717) is 0 Å². The summed E-state index contributed by atoms with van der Waals surface area (Å²) in [5.41, 5.74) is 5.05. The predicted octanol–water partition coefficient (Wildman–Crippen LogP) is 0.311. The van der Waals surface area contributed by atoms with E-state index in [1.165, 1.54) is 6.92 Å². The van der Waals surface area contributed by atoms with Gasteiger partial charge in [-0.1, -0.05) is 0 Å². The van der Waals surface area contributed by atoms with Crippen molar-refractivity contribution in [3.8, 4) is 0 Å². The highest BCUT2D eigenvalue weighted by Crippen LogP contribution is 2.17. The normalized spacial score (nSPS) is 16.1. The fourth-order valence-corrected chi connectivity index (χ4v) is 2.13. The molecule has 7 heteroatoms. The van der Waals surface area contributed by atoms with Crippen molar-refractivity contribution in [1.82, 2.24) is 0 Å². The van der Waals surface area contributed by atoms with Crippen LogP contribution >= 0.6 is 0 Å². The summed E-state index contributed by atoms with van der Waals surface area (Å²) in [6.07, 6.45) is -4.67. The molecule has 0 aliphatic rings. The minimum atomic E-state index is -4.67. The number of hydrogen-bond acceptors (Lipinski definition) is 3. The maximum absolute atomic E-state index is 11.6. The van der Waals surface area contributed by atoms with E-state index >= 15 is 0 Å². The van der Waals surface area contributed by atoms with Crippen molar-refractivity contribution >= 4 is 9.84 Å². The van der Waals surface area contributed by atoms with E-state index < -0.39 is 33.6 Å². The van der Waals surface area contributed by atoms with Gasteiger partial charge in [-0.15, -0.1) is 0 Å². The lowest BCUT2D eigenvalue weighted by atomic mass is 10.4. The van der Waals surface area contributed by atoms with E-state index in [9.17, 15) is 21.6 Å². The van der Waals surface area contributed by atoms with Crippen molar-refractivity contribution in [2.45, 2.75) is 19.1 Å². The molecule has 0 aliphatic heterocycles. The Morgan fingerprint density at radius 2 is 1.83 bits per heavy atom. The molecule has 0 unspecified atom stereocenters. The van der Waals surface area contributed by atoms with Gasteiger partial charge in [0, 0.05) is 6.04 Å². The summed E-state index contributed by atoms with van der Waals surface area (Å²) >= 11 is 0. The fourth-order valence-electron chi connectivity index (χ4n) is 0.709. The third-order valence-corrected chi connectivity index (χ3v) is 2.70. The second kappa shape index (κ2) is 3.61. The maximum atomic E-state index is 11.6. The van der Waals surface area contributed by atoms with Gasteiger partial charge in [-0.3, -0.25) is 0 Å². The minimum absolute atomic E-state index is 0.632. The first-order valence-corrected chi connectivity index (χ1v) is 4.97. The molecule has 0 spiro atoms. The Morgan fingerprint density at radius 1 is 1.42 bits per heavy atom. The Labute approximate surface area is 68.7 Å². The molecular weight excluding hydrogens is 195 g/mol. The summed E-state index contributed by atoms with van der Waals surface area (Å²) in [7, 11) is -4.09. The Hall–Kier alpha value is -0.300. The van der Waals surface area contributed by atoms with Gasteiger partial charge in [0.05, 0.1) is 5.75 Å². The average molecular weight is 205 g/mol. The molecule has 12 heavy (non-hydrogen) atoms. The monoisotopic (exact) mass is 205 g/mol. The lowest BCUT2D eigenvalue weighted by Gasteiger charge is -2.08. The highest BCUT2D eigenvalue weighted by Gasteiger charge is 2.35. The molecule has 0 fully saturated rings. The van der Waals surface area contributed by atoms with Crippen LogP contribution in [0.2, 0.25) is 0 Å². The van der Waals surface area contributed by atoms with Crippen LogP contribution in [0.5, 0.6) is 0 Å². The summed E-state index contributed by atoms with van der Waals surface area (Å²) in [4.78, 5) is 0. The van der Waals surface area contributed by atoms with E-state index in [2.05, 4.69) is 0 Å². The lowest BCUT2D eigenvalue weighted by Crippen LogP contribution is -2.32. The summed E-state index contributed by atoms with van der Waals surface area (Å²) in [6.45, 7) is 1.34. The number of sulfone groups is 1. The first-order chi connectivity index (χ1) is 5.12. The molecule has 0 saturated heterocycles.